The maximum Gasteiger partial charge on any atom is 0.332 e. The minimum absolute atomic E-state index is 0.102. The molecule has 1 aliphatic rings. The molecule has 1 aromatic rings. The molecule has 0 aliphatic carbocycles. The van der Waals surface area contributed by atoms with Crippen molar-refractivity contribution in [1.82, 2.24) is 4.90 Å². The van der Waals surface area contributed by atoms with Crippen LogP contribution in [-0.2, 0) is 11.3 Å². The summed E-state index contributed by atoms with van der Waals surface area (Å²) < 4.78 is 0. The second-order valence-corrected chi connectivity index (χ2v) is 4.88. The van der Waals surface area contributed by atoms with Crippen molar-refractivity contribution >= 4 is 5.97 Å². The predicted octanol–water partition coefficient (Wildman–Crippen LogP) is 1.34. The maximum atomic E-state index is 10.7. The molecule has 1 aliphatic heterocycles. The molecule has 1 aromatic carbocycles. The Morgan fingerprint density at radius 1 is 1.28 bits per heavy atom. The minimum atomic E-state index is -1.20. The predicted molar refractivity (Wildman–Crippen MR) is 68.1 cm³/mol. The summed E-state index contributed by atoms with van der Waals surface area (Å²) >= 11 is 0. The first-order chi connectivity index (χ1) is 8.66. The van der Waals surface area contributed by atoms with Crippen LogP contribution in [0.25, 0.3) is 0 Å². The number of piperidine rings is 1. The summed E-state index contributed by atoms with van der Waals surface area (Å²) in [4.78, 5) is 13.0. The van der Waals surface area contributed by atoms with Crippen molar-refractivity contribution in [2.45, 2.75) is 25.5 Å². The topological polar surface area (TPSA) is 60.8 Å². The molecule has 0 aromatic heterocycles. The number of aliphatic hydroxyl groups is 1. The van der Waals surface area contributed by atoms with Gasteiger partial charge in [-0.05, 0) is 37.4 Å². The number of benzene rings is 1. The van der Waals surface area contributed by atoms with E-state index in [2.05, 4.69) is 17.0 Å². The summed E-state index contributed by atoms with van der Waals surface area (Å²) in [5.74, 6) is -1.20. The molecule has 1 heterocycles. The van der Waals surface area contributed by atoms with E-state index in [-0.39, 0.29) is 5.92 Å². The molecule has 1 saturated heterocycles. The molecule has 1 atom stereocenters. The van der Waals surface area contributed by atoms with Crippen LogP contribution in [0.3, 0.4) is 0 Å². The summed E-state index contributed by atoms with van der Waals surface area (Å²) in [6.45, 7) is 2.60. The fourth-order valence-corrected chi connectivity index (χ4v) is 2.47. The Labute approximate surface area is 107 Å². The van der Waals surface area contributed by atoms with E-state index in [1.165, 1.54) is 5.56 Å². The van der Waals surface area contributed by atoms with Gasteiger partial charge in [-0.2, -0.15) is 0 Å². The largest absolute Gasteiger partial charge is 0.479 e. The summed E-state index contributed by atoms with van der Waals surface area (Å²) in [5, 5.41) is 18.3. The second kappa shape index (κ2) is 5.98. The standard InChI is InChI=1S/C14H19NO3/c16-13(14(17)18)12-6-8-15(9-7-12)10-11-4-2-1-3-5-11/h1-5,12-13,16H,6-10H2,(H,17,18). The average molecular weight is 249 g/mol. The molecule has 1 unspecified atom stereocenters. The van der Waals surface area contributed by atoms with Crippen molar-refractivity contribution < 1.29 is 15.0 Å². The van der Waals surface area contributed by atoms with Crippen LogP contribution in [-0.4, -0.2) is 40.3 Å². The van der Waals surface area contributed by atoms with Crippen LogP contribution >= 0.6 is 0 Å². The lowest BCUT2D eigenvalue weighted by Crippen LogP contribution is -2.40. The van der Waals surface area contributed by atoms with E-state index >= 15 is 0 Å². The number of likely N-dealkylation sites (tertiary alicyclic amines) is 1. The second-order valence-electron chi connectivity index (χ2n) is 4.88. The van der Waals surface area contributed by atoms with Crippen molar-refractivity contribution in [1.29, 1.82) is 0 Å². The van der Waals surface area contributed by atoms with Crippen LogP contribution in [0, 0.1) is 5.92 Å². The number of rotatable bonds is 4. The molecular formula is C14H19NO3. The Kier molecular flexibility index (Phi) is 4.33. The highest BCUT2D eigenvalue weighted by Gasteiger charge is 2.29. The number of hydrogen-bond acceptors (Lipinski definition) is 3. The molecule has 98 valence electrons. The number of aliphatic carboxylic acids is 1. The zero-order valence-electron chi connectivity index (χ0n) is 10.3. The number of carbonyl (C=O) groups is 1. The van der Waals surface area contributed by atoms with Gasteiger partial charge in [0, 0.05) is 6.54 Å². The third-order valence-electron chi connectivity index (χ3n) is 3.58. The highest BCUT2D eigenvalue weighted by molar-refractivity contribution is 5.72. The van der Waals surface area contributed by atoms with Gasteiger partial charge in [0.2, 0.25) is 0 Å². The minimum Gasteiger partial charge on any atom is -0.479 e. The first-order valence-electron chi connectivity index (χ1n) is 6.34. The molecule has 1 fully saturated rings. The van der Waals surface area contributed by atoms with Gasteiger partial charge >= 0.3 is 5.97 Å². The van der Waals surface area contributed by atoms with Gasteiger partial charge in [-0.15, -0.1) is 0 Å². The Balaban J connectivity index is 1.82. The Hall–Kier alpha value is -1.39. The lowest BCUT2D eigenvalue weighted by Gasteiger charge is -2.33. The fourth-order valence-electron chi connectivity index (χ4n) is 2.47. The number of hydrogen-bond donors (Lipinski definition) is 2. The zero-order valence-corrected chi connectivity index (χ0v) is 10.3. The molecule has 0 spiro atoms. The Morgan fingerprint density at radius 3 is 2.44 bits per heavy atom. The lowest BCUT2D eigenvalue weighted by atomic mass is 9.91. The Morgan fingerprint density at radius 2 is 1.89 bits per heavy atom. The quantitative estimate of drug-likeness (QED) is 0.845. The molecule has 0 saturated carbocycles. The Bertz CT molecular complexity index is 385. The van der Waals surface area contributed by atoms with Crippen LogP contribution in [0.4, 0.5) is 0 Å². The van der Waals surface area contributed by atoms with Crippen LogP contribution in [0.15, 0.2) is 30.3 Å². The number of nitrogens with zero attached hydrogens (tertiary/aromatic N) is 1. The molecule has 0 radical (unpaired) electrons. The summed E-state index contributed by atoms with van der Waals surface area (Å²) in [6, 6.07) is 10.2. The first-order valence-corrected chi connectivity index (χ1v) is 6.34. The smallest absolute Gasteiger partial charge is 0.332 e. The summed E-state index contributed by atoms with van der Waals surface area (Å²) in [5.41, 5.74) is 1.27. The molecule has 4 heteroatoms. The van der Waals surface area contributed by atoms with Crippen LogP contribution in [0.1, 0.15) is 18.4 Å². The van der Waals surface area contributed by atoms with Gasteiger partial charge in [0.1, 0.15) is 0 Å². The van der Waals surface area contributed by atoms with Gasteiger partial charge in [-0.1, -0.05) is 30.3 Å². The molecule has 2 N–H and O–H groups in total. The molecule has 18 heavy (non-hydrogen) atoms. The summed E-state index contributed by atoms with van der Waals surface area (Å²) in [7, 11) is 0. The van der Waals surface area contributed by atoms with Gasteiger partial charge < -0.3 is 10.2 Å². The van der Waals surface area contributed by atoms with E-state index in [1.807, 2.05) is 18.2 Å². The van der Waals surface area contributed by atoms with E-state index in [9.17, 15) is 9.90 Å². The molecular weight excluding hydrogens is 230 g/mol. The van der Waals surface area contributed by atoms with Crippen molar-refractivity contribution in [2.24, 2.45) is 5.92 Å². The summed E-state index contributed by atoms with van der Waals surface area (Å²) in [6.07, 6.45) is 0.296. The molecule has 2 rings (SSSR count). The number of carboxylic acid groups (broad SMARTS) is 1. The van der Waals surface area contributed by atoms with Crippen LogP contribution < -0.4 is 0 Å². The molecule has 0 amide bonds. The van der Waals surface area contributed by atoms with Crippen LogP contribution in [0.5, 0.6) is 0 Å². The third kappa shape index (κ3) is 3.31. The highest BCUT2D eigenvalue weighted by Crippen LogP contribution is 2.22. The van der Waals surface area contributed by atoms with Gasteiger partial charge in [0.05, 0.1) is 0 Å². The van der Waals surface area contributed by atoms with E-state index in [4.69, 9.17) is 5.11 Å². The average Bonchev–Trinajstić information content (AvgIpc) is 2.40. The van der Waals surface area contributed by atoms with E-state index < -0.39 is 12.1 Å². The van der Waals surface area contributed by atoms with Crippen molar-refractivity contribution in [3.05, 3.63) is 35.9 Å². The number of carboxylic acids is 1. The first kappa shape index (κ1) is 13.1. The van der Waals surface area contributed by atoms with E-state index in [0.29, 0.717) is 0 Å². The van der Waals surface area contributed by atoms with Gasteiger partial charge in [0.15, 0.2) is 6.10 Å². The van der Waals surface area contributed by atoms with Crippen molar-refractivity contribution in [3.8, 4) is 0 Å². The maximum absolute atomic E-state index is 10.7. The van der Waals surface area contributed by atoms with Gasteiger partial charge in [-0.25, -0.2) is 4.79 Å². The molecule has 0 bridgehead atoms. The van der Waals surface area contributed by atoms with E-state index in [0.717, 1.165) is 32.5 Å². The number of aliphatic hydroxyl groups excluding tert-OH is 1. The monoisotopic (exact) mass is 249 g/mol. The van der Waals surface area contributed by atoms with Gasteiger partial charge in [-0.3, -0.25) is 4.90 Å². The van der Waals surface area contributed by atoms with Crippen LogP contribution in [0.2, 0.25) is 0 Å². The fraction of sp³-hybridized carbons (Fsp3) is 0.500. The van der Waals surface area contributed by atoms with E-state index in [1.54, 1.807) is 0 Å². The molecule has 4 nitrogen and oxygen atoms in total. The third-order valence-corrected chi connectivity index (χ3v) is 3.58. The van der Waals surface area contributed by atoms with Crippen molar-refractivity contribution in [3.63, 3.8) is 0 Å². The van der Waals surface area contributed by atoms with Crippen molar-refractivity contribution in [2.75, 3.05) is 13.1 Å². The van der Waals surface area contributed by atoms with Gasteiger partial charge in [0.25, 0.3) is 0 Å². The SMILES string of the molecule is O=C(O)C(O)C1CCN(Cc2ccccc2)CC1. The zero-order chi connectivity index (χ0) is 13.0. The normalized spacial score (nSPS) is 19.6. The lowest BCUT2D eigenvalue weighted by molar-refractivity contribution is -0.150. The highest BCUT2D eigenvalue weighted by atomic mass is 16.4.